The van der Waals surface area contributed by atoms with Gasteiger partial charge in [-0.1, -0.05) is 13.8 Å². The van der Waals surface area contributed by atoms with E-state index in [9.17, 15) is 12.8 Å². The molecule has 0 bridgehead atoms. The number of sulfonamides is 1. The lowest BCUT2D eigenvalue weighted by Crippen LogP contribution is -2.26. The Morgan fingerprint density at radius 3 is 2.53 bits per heavy atom. The first kappa shape index (κ1) is 16.1. The lowest BCUT2D eigenvalue weighted by Gasteiger charge is -2.11. The molecular weight excluding hydrogens is 267 g/mol. The monoisotopic (exact) mass is 288 g/mol. The summed E-state index contributed by atoms with van der Waals surface area (Å²) in [6.45, 7) is 5.91. The van der Waals surface area contributed by atoms with Gasteiger partial charge in [0.05, 0.1) is 4.90 Å². The molecular formula is C13H21FN2O2S. The van der Waals surface area contributed by atoms with Gasteiger partial charge in [0.1, 0.15) is 5.82 Å². The Hall–Kier alpha value is -0.980. The van der Waals surface area contributed by atoms with Gasteiger partial charge in [0.2, 0.25) is 10.0 Å². The fourth-order valence-corrected chi connectivity index (χ4v) is 2.86. The van der Waals surface area contributed by atoms with E-state index in [2.05, 4.69) is 4.72 Å². The van der Waals surface area contributed by atoms with E-state index in [-0.39, 0.29) is 22.6 Å². The number of nitrogens with one attached hydrogen (secondary N) is 1. The smallest absolute Gasteiger partial charge is 0.240 e. The Labute approximate surface area is 114 Å². The predicted octanol–water partition coefficient (Wildman–Crippen LogP) is 1.92. The van der Waals surface area contributed by atoms with Gasteiger partial charge < -0.3 is 5.73 Å². The van der Waals surface area contributed by atoms with Crippen LogP contribution in [0, 0.1) is 18.7 Å². The van der Waals surface area contributed by atoms with Gasteiger partial charge in [0.15, 0.2) is 0 Å². The molecule has 19 heavy (non-hydrogen) atoms. The van der Waals surface area contributed by atoms with Crippen LogP contribution in [0.3, 0.4) is 0 Å². The van der Waals surface area contributed by atoms with Gasteiger partial charge >= 0.3 is 0 Å². The number of hydrogen-bond donors (Lipinski definition) is 2. The molecule has 1 rings (SSSR count). The van der Waals surface area contributed by atoms with Crippen LogP contribution in [0.4, 0.5) is 4.39 Å². The number of hydrogen-bond acceptors (Lipinski definition) is 3. The molecule has 0 saturated heterocycles. The van der Waals surface area contributed by atoms with Crippen molar-refractivity contribution in [3.63, 3.8) is 0 Å². The average molecular weight is 288 g/mol. The Kier molecular flexibility index (Phi) is 5.46. The molecule has 0 fully saturated rings. The number of halogens is 1. The Balaban J connectivity index is 2.98. The molecule has 1 aromatic carbocycles. The second kappa shape index (κ2) is 6.45. The van der Waals surface area contributed by atoms with E-state index in [1.54, 1.807) is 0 Å². The molecule has 0 heterocycles. The van der Waals surface area contributed by atoms with Crippen LogP contribution in [-0.2, 0) is 16.6 Å². The van der Waals surface area contributed by atoms with Crippen molar-refractivity contribution in [2.24, 2.45) is 11.7 Å². The maximum atomic E-state index is 13.6. The molecule has 0 aliphatic rings. The highest BCUT2D eigenvalue weighted by atomic mass is 32.2. The van der Waals surface area contributed by atoms with Crippen LogP contribution in [0.1, 0.15) is 31.4 Å². The molecule has 0 radical (unpaired) electrons. The van der Waals surface area contributed by atoms with Crippen LogP contribution in [0.5, 0.6) is 0 Å². The Morgan fingerprint density at radius 1 is 1.37 bits per heavy atom. The van der Waals surface area contributed by atoms with Crippen molar-refractivity contribution < 1.29 is 12.8 Å². The molecule has 0 saturated carbocycles. The van der Waals surface area contributed by atoms with Crippen LogP contribution in [-0.4, -0.2) is 15.0 Å². The third-order valence-corrected chi connectivity index (χ3v) is 4.29. The second-order valence-electron chi connectivity index (χ2n) is 5.00. The lowest BCUT2D eigenvalue weighted by molar-refractivity contribution is 0.550. The molecule has 0 unspecified atom stereocenters. The summed E-state index contributed by atoms with van der Waals surface area (Å²) >= 11 is 0. The van der Waals surface area contributed by atoms with Crippen LogP contribution in [0.15, 0.2) is 17.0 Å². The molecule has 1 aromatic rings. The van der Waals surface area contributed by atoms with E-state index in [0.29, 0.717) is 12.5 Å². The minimum Gasteiger partial charge on any atom is -0.326 e. The molecule has 0 aliphatic heterocycles. The van der Waals surface area contributed by atoms with Crippen LogP contribution in [0.2, 0.25) is 0 Å². The van der Waals surface area contributed by atoms with Crippen molar-refractivity contribution in [1.29, 1.82) is 0 Å². The molecule has 108 valence electrons. The summed E-state index contributed by atoms with van der Waals surface area (Å²) < 4.78 is 40.3. The molecule has 0 spiro atoms. The Morgan fingerprint density at radius 2 is 2.00 bits per heavy atom. The fraction of sp³-hybridized carbons (Fsp3) is 0.538. The molecule has 3 N–H and O–H groups in total. The summed E-state index contributed by atoms with van der Waals surface area (Å²) in [4.78, 5) is 0.0654. The second-order valence-corrected chi connectivity index (χ2v) is 6.76. The minimum absolute atomic E-state index is 0.0258. The van der Waals surface area contributed by atoms with E-state index in [0.717, 1.165) is 6.42 Å². The number of benzene rings is 1. The quantitative estimate of drug-likeness (QED) is 0.840. The maximum Gasteiger partial charge on any atom is 0.240 e. The largest absolute Gasteiger partial charge is 0.326 e. The molecule has 0 atom stereocenters. The van der Waals surface area contributed by atoms with Crippen molar-refractivity contribution in [3.05, 3.63) is 29.1 Å². The van der Waals surface area contributed by atoms with Crippen LogP contribution < -0.4 is 10.5 Å². The zero-order valence-electron chi connectivity index (χ0n) is 11.5. The van der Waals surface area contributed by atoms with Gasteiger partial charge in [0.25, 0.3) is 0 Å². The third-order valence-electron chi connectivity index (χ3n) is 2.85. The number of rotatable bonds is 6. The van der Waals surface area contributed by atoms with E-state index in [4.69, 9.17) is 5.73 Å². The summed E-state index contributed by atoms with van der Waals surface area (Å²) in [5.41, 5.74) is 5.91. The SMILES string of the molecule is Cc1cc(S(=O)(=O)NCCC(C)C)cc(CN)c1F. The molecule has 0 aliphatic carbocycles. The van der Waals surface area contributed by atoms with E-state index >= 15 is 0 Å². The summed E-state index contributed by atoms with van der Waals surface area (Å²) in [6, 6.07) is 2.62. The number of nitrogens with two attached hydrogens (primary N) is 1. The highest BCUT2D eigenvalue weighted by Gasteiger charge is 2.17. The van der Waals surface area contributed by atoms with Gasteiger partial charge in [-0.2, -0.15) is 0 Å². The summed E-state index contributed by atoms with van der Waals surface area (Å²) in [6.07, 6.45) is 0.753. The van der Waals surface area contributed by atoms with Crippen LogP contribution in [0.25, 0.3) is 0 Å². The van der Waals surface area contributed by atoms with Crippen molar-refractivity contribution in [2.45, 2.75) is 38.6 Å². The van der Waals surface area contributed by atoms with Gasteiger partial charge in [-0.3, -0.25) is 0 Å². The standard InChI is InChI=1S/C13H21FN2O2S/c1-9(2)4-5-16-19(17,18)12-6-10(3)13(14)11(7-12)8-15/h6-7,9,16H,4-5,8,15H2,1-3H3. The minimum atomic E-state index is -3.60. The molecule has 0 amide bonds. The lowest BCUT2D eigenvalue weighted by atomic mass is 10.1. The van der Waals surface area contributed by atoms with Crippen molar-refractivity contribution in [2.75, 3.05) is 6.54 Å². The first-order chi connectivity index (χ1) is 8.77. The average Bonchev–Trinajstić information content (AvgIpc) is 2.31. The van der Waals surface area contributed by atoms with Gasteiger partial charge in [0, 0.05) is 18.7 Å². The van der Waals surface area contributed by atoms with Gasteiger partial charge in [-0.05, 0) is 37.0 Å². The summed E-state index contributed by atoms with van der Waals surface area (Å²) in [5, 5.41) is 0. The predicted molar refractivity (Wildman–Crippen MR) is 73.7 cm³/mol. The molecule has 4 nitrogen and oxygen atoms in total. The highest BCUT2D eigenvalue weighted by molar-refractivity contribution is 7.89. The fourth-order valence-electron chi connectivity index (χ4n) is 1.68. The maximum absolute atomic E-state index is 13.6. The van der Waals surface area contributed by atoms with Crippen molar-refractivity contribution >= 4 is 10.0 Å². The first-order valence-electron chi connectivity index (χ1n) is 6.26. The van der Waals surface area contributed by atoms with Crippen LogP contribution >= 0.6 is 0 Å². The van der Waals surface area contributed by atoms with Crippen molar-refractivity contribution in [1.82, 2.24) is 4.72 Å². The van der Waals surface area contributed by atoms with Crippen molar-refractivity contribution in [3.8, 4) is 0 Å². The van der Waals surface area contributed by atoms with E-state index < -0.39 is 15.8 Å². The molecule has 6 heteroatoms. The molecule has 0 aromatic heterocycles. The third kappa shape index (κ3) is 4.26. The summed E-state index contributed by atoms with van der Waals surface area (Å²) in [5.74, 6) is -0.0270. The summed E-state index contributed by atoms with van der Waals surface area (Å²) in [7, 11) is -3.60. The number of aryl methyl sites for hydroxylation is 1. The normalized spacial score (nSPS) is 12.1. The Bertz CT molecular complexity index is 542. The topological polar surface area (TPSA) is 72.2 Å². The van der Waals surface area contributed by atoms with E-state index in [1.165, 1.54) is 19.1 Å². The van der Waals surface area contributed by atoms with E-state index in [1.807, 2.05) is 13.8 Å². The van der Waals surface area contributed by atoms with Gasteiger partial charge in [-0.15, -0.1) is 0 Å². The zero-order valence-corrected chi connectivity index (χ0v) is 12.3. The van der Waals surface area contributed by atoms with Gasteiger partial charge in [-0.25, -0.2) is 17.5 Å². The zero-order chi connectivity index (χ0) is 14.6. The highest BCUT2D eigenvalue weighted by Crippen LogP contribution is 2.19. The first-order valence-corrected chi connectivity index (χ1v) is 7.75.